The topological polar surface area (TPSA) is 26.3 Å². The van der Waals surface area contributed by atoms with Gasteiger partial charge in [0, 0.05) is 17.5 Å². The molecular weight excluding hydrogens is 268 g/mol. The highest BCUT2D eigenvalue weighted by Gasteiger charge is 2.30. The minimum atomic E-state index is -0.202. The van der Waals surface area contributed by atoms with Gasteiger partial charge in [0.15, 0.2) is 5.78 Å². The van der Waals surface area contributed by atoms with Crippen LogP contribution in [0.2, 0.25) is 0 Å². The summed E-state index contributed by atoms with van der Waals surface area (Å²) in [6.45, 7) is 2.79. The number of halogens is 1. The van der Waals surface area contributed by atoms with Crippen molar-refractivity contribution in [1.29, 1.82) is 0 Å². The number of carbonyl (C=O) groups excluding carboxylic acids is 1. The van der Waals surface area contributed by atoms with Crippen LogP contribution in [0, 0.1) is 5.92 Å². The monoisotopic (exact) mass is 282 g/mol. The Kier molecular flexibility index (Phi) is 3.77. The van der Waals surface area contributed by atoms with E-state index in [2.05, 4.69) is 22.9 Å². The first-order valence-electron chi connectivity index (χ1n) is 5.56. The molecule has 2 rings (SSSR count). The van der Waals surface area contributed by atoms with Gasteiger partial charge in [-0.25, -0.2) is 0 Å². The molecule has 0 spiro atoms. The molecule has 0 radical (unpaired) electrons. The van der Waals surface area contributed by atoms with E-state index >= 15 is 0 Å². The van der Waals surface area contributed by atoms with Crippen LogP contribution in [0.25, 0.3) is 0 Å². The Bertz CT molecular complexity index is 389. The maximum Gasteiger partial charge on any atom is 0.166 e. The van der Waals surface area contributed by atoms with Crippen molar-refractivity contribution in [3.8, 4) is 0 Å². The SMILES string of the molecule is CC1CCOC1C(=O)Cc1ccccc1Br. The van der Waals surface area contributed by atoms with E-state index in [1.807, 2.05) is 24.3 Å². The molecule has 1 heterocycles. The van der Waals surface area contributed by atoms with Gasteiger partial charge < -0.3 is 4.74 Å². The maximum absolute atomic E-state index is 12.0. The summed E-state index contributed by atoms with van der Waals surface area (Å²) >= 11 is 3.46. The molecule has 1 saturated heterocycles. The second-order valence-corrected chi connectivity index (χ2v) is 5.15. The zero-order valence-electron chi connectivity index (χ0n) is 9.28. The molecule has 1 aliphatic heterocycles. The molecule has 2 atom stereocenters. The Balaban J connectivity index is 2.05. The minimum Gasteiger partial charge on any atom is -0.370 e. The van der Waals surface area contributed by atoms with E-state index in [9.17, 15) is 4.79 Å². The van der Waals surface area contributed by atoms with Gasteiger partial charge in [0.25, 0.3) is 0 Å². The molecule has 0 saturated carbocycles. The molecule has 0 aromatic heterocycles. The number of Topliss-reactive ketones (excluding diaryl/α,β-unsaturated/α-hetero) is 1. The van der Waals surface area contributed by atoms with Crippen molar-refractivity contribution >= 4 is 21.7 Å². The van der Waals surface area contributed by atoms with Crippen LogP contribution in [0.3, 0.4) is 0 Å². The number of hydrogen-bond acceptors (Lipinski definition) is 2. The van der Waals surface area contributed by atoms with E-state index in [1.54, 1.807) is 0 Å². The van der Waals surface area contributed by atoms with Gasteiger partial charge in [-0.1, -0.05) is 41.1 Å². The molecule has 16 heavy (non-hydrogen) atoms. The Hall–Kier alpha value is -0.670. The lowest BCUT2D eigenvalue weighted by Gasteiger charge is -2.13. The molecule has 0 N–H and O–H groups in total. The van der Waals surface area contributed by atoms with Crippen LogP contribution in [0.1, 0.15) is 18.9 Å². The van der Waals surface area contributed by atoms with E-state index in [0.29, 0.717) is 18.9 Å². The second-order valence-electron chi connectivity index (χ2n) is 4.29. The fraction of sp³-hybridized carbons (Fsp3) is 0.462. The third-order valence-electron chi connectivity index (χ3n) is 3.03. The lowest BCUT2D eigenvalue weighted by molar-refractivity contribution is -0.128. The molecule has 2 unspecified atom stereocenters. The molecule has 3 heteroatoms. The molecule has 0 aliphatic carbocycles. The average Bonchev–Trinajstić information content (AvgIpc) is 2.68. The Morgan fingerprint density at radius 1 is 1.50 bits per heavy atom. The molecule has 1 aromatic rings. The van der Waals surface area contributed by atoms with Crippen LogP contribution in [0.15, 0.2) is 28.7 Å². The van der Waals surface area contributed by atoms with Crippen LogP contribution in [0.4, 0.5) is 0 Å². The third-order valence-corrected chi connectivity index (χ3v) is 3.80. The van der Waals surface area contributed by atoms with Crippen molar-refractivity contribution in [1.82, 2.24) is 0 Å². The van der Waals surface area contributed by atoms with Crippen LogP contribution in [-0.2, 0) is 16.0 Å². The molecule has 1 aliphatic rings. The van der Waals surface area contributed by atoms with Crippen molar-refractivity contribution in [3.63, 3.8) is 0 Å². The van der Waals surface area contributed by atoms with Crippen molar-refractivity contribution in [2.45, 2.75) is 25.9 Å². The summed E-state index contributed by atoms with van der Waals surface area (Å²) in [5.41, 5.74) is 1.04. The Morgan fingerprint density at radius 2 is 2.25 bits per heavy atom. The van der Waals surface area contributed by atoms with Gasteiger partial charge in [0.2, 0.25) is 0 Å². The molecule has 1 aromatic carbocycles. The van der Waals surface area contributed by atoms with Crippen molar-refractivity contribution in [3.05, 3.63) is 34.3 Å². The highest BCUT2D eigenvalue weighted by molar-refractivity contribution is 9.10. The molecular formula is C13H15BrO2. The number of benzene rings is 1. The predicted molar refractivity (Wildman–Crippen MR) is 66.4 cm³/mol. The first kappa shape index (κ1) is 11.8. The van der Waals surface area contributed by atoms with Gasteiger partial charge in [-0.05, 0) is 24.0 Å². The summed E-state index contributed by atoms with van der Waals surface area (Å²) in [5, 5.41) is 0. The highest BCUT2D eigenvalue weighted by atomic mass is 79.9. The zero-order valence-corrected chi connectivity index (χ0v) is 10.9. The third kappa shape index (κ3) is 2.53. The van der Waals surface area contributed by atoms with Gasteiger partial charge >= 0.3 is 0 Å². The van der Waals surface area contributed by atoms with Gasteiger partial charge in [-0.15, -0.1) is 0 Å². The summed E-state index contributed by atoms with van der Waals surface area (Å²) in [7, 11) is 0. The second kappa shape index (κ2) is 5.11. The van der Waals surface area contributed by atoms with Gasteiger partial charge in [0.05, 0.1) is 0 Å². The average molecular weight is 283 g/mol. The quantitative estimate of drug-likeness (QED) is 0.852. The van der Waals surface area contributed by atoms with Crippen molar-refractivity contribution in [2.75, 3.05) is 6.61 Å². The predicted octanol–water partition coefficient (Wildman–Crippen LogP) is 2.99. The van der Waals surface area contributed by atoms with Crippen LogP contribution in [0.5, 0.6) is 0 Å². The molecule has 1 fully saturated rings. The van der Waals surface area contributed by atoms with Gasteiger partial charge in [0.1, 0.15) is 6.10 Å². The summed E-state index contributed by atoms with van der Waals surface area (Å²) in [5.74, 6) is 0.548. The first-order valence-corrected chi connectivity index (χ1v) is 6.35. The summed E-state index contributed by atoms with van der Waals surface area (Å²) in [4.78, 5) is 12.0. The Morgan fingerprint density at radius 3 is 2.88 bits per heavy atom. The zero-order chi connectivity index (χ0) is 11.5. The molecule has 86 valence electrons. The smallest absolute Gasteiger partial charge is 0.166 e. The number of ether oxygens (including phenoxy) is 1. The number of rotatable bonds is 3. The van der Waals surface area contributed by atoms with Crippen LogP contribution >= 0.6 is 15.9 Å². The van der Waals surface area contributed by atoms with E-state index < -0.39 is 0 Å². The van der Waals surface area contributed by atoms with Crippen LogP contribution in [-0.4, -0.2) is 18.5 Å². The summed E-state index contributed by atoms with van der Waals surface area (Å²) in [6.07, 6.45) is 1.25. The van der Waals surface area contributed by atoms with E-state index in [1.165, 1.54) is 0 Å². The van der Waals surface area contributed by atoms with E-state index in [4.69, 9.17) is 4.74 Å². The summed E-state index contributed by atoms with van der Waals surface area (Å²) < 4.78 is 6.47. The normalized spacial score (nSPS) is 24.6. The lowest BCUT2D eigenvalue weighted by Crippen LogP contribution is -2.26. The molecule has 0 bridgehead atoms. The number of carbonyl (C=O) groups is 1. The maximum atomic E-state index is 12.0. The molecule has 0 amide bonds. The minimum absolute atomic E-state index is 0.192. The fourth-order valence-corrected chi connectivity index (χ4v) is 2.46. The number of hydrogen-bond donors (Lipinski definition) is 0. The number of ketones is 1. The highest BCUT2D eigenvalue weighted by Crippen LogP contribution is 2.24. The Labute approximate surface area is 104 Å². The standard InChI is InChI=1S/C13H15BrO2/c1-9-6-7-16-13(9)12(15)8-10-4-2-3-5-11(10)14/h2-5,9,13H,6-8H2,1H3. The summed E-state index contributed by atoms with van der Waals surface area (Å²) in [6, 6.07) is 7.84. The van der Waals surface area contributed by atoms with E-state index in [-0.39, 0.29) is 11.9 Å². The fourth-order valence-electron chi connectivity index (χ4n) is 2.04. The lowest BCUT2D eigenvalue weighted by atomic mass is 9.96. The van der Waals surface area contributed by atoms with Crippen molar-refractivity contribution in [2.24, 2.45) is 5.92 Å². The molecule has 2 nitrogen and oxygen atoms in total. The van der Waals surface area contributed by atoms with Crippen molar-refractivity contribution < 1.29 is 9.53 Å². The first-order chi connectivity index (χ1) is 7.68. The van der Waals surface area contributed by atoms with Crippen LogP contribution < -0.4 is 0 Å². The largest absolute Gasteiger partial charge is 0.370 e. The van der Waals surface area contributed by atoms with Gasteiger partial charge in [-0.2, -0.15) is 0 Å². The van der Waals surface area contributed by atoms with Gasteiger partial charge in [-0.3, -0.25) is 4.79 Å². The van der Waals surface area contributed by atoms with E-state index in [0.717, 1.165) is 16.5 Å².